The predicted molar refractivity (Wildman–Crippen MR) is 39.8 cm³/mol. The van der Waals surface area contributed by atoms with Gasteiger partial charge < -0.3 is 5.11 Å². The summed E-state index contributed by atoms with van der Waals surface area (Å²) in [6.07, 6.45) is -0.0959. The van der Waals surface area contributed by atoms with E-state index in [4.69, 9.17) is 5.11 Å². The second-order valence-electron chi connectivity index (χ2n) is 2.22. The average molecular weight is 217 g/mol. The lowest BCUT2D eigenvalue weighted by molar-refractivity contribution is -0.139. The number of aliphatic carboxylic acids is 1. The van der Waals surface area contributed by atoms with Crippen molar-refractivity contribution < 1.29 is 27.1 Å². The predicted octanol–water partition coefficient (Wildman–Crippen LogP) is -0.00840. The summed E-state index contributed by atoms with van der Waals surface area (Å²) in [5.41, 5.74) is 0. The van der Waals surface area contributed by atoms with E-state index in [0.29, 0.717) is 0 Å². The number of carboxylic acid groups (broad SMARTS) is 1. The molecule has 8 heteroatoms. The van der Waals surface area contributed by atoms with E-state index in [9.17, 15) is 22.0 Å². The van der Waals surface area contributed by atoms with E-state index in [0.717, 1.165) is 0 Å². The van der Waals surface area contributed by atoms with Gasteiger partial charge in [0.05, 0.1) is 0 Å². The van der Waals surface area contributed by atoms with Gasteiger partial charge in [-0.1, -0.05) is 6.92 Å². The van der Waals surface area contributed by atoms with E-state index in [2.05, 4.69) is 0 Å². The summed E-state index contributed by atoms with van der Waals surface area (Å²) in [6, 6.07) is -1.50. The Hall–Kier alpha value is -0.760. The first kappa shape index (κ1) is 12.2. The fourth-order valence-electron chi connectivity index (χ4n) is 0.558. The Morgan fingerprint density at radius 3 is 2.23 bits per heavy atom. The van der Waals surface area contributed by atoms with Crippen LogP contribution in [-0.4, -0.2) is 31.3 Å². The molecule has 5 nitrogen and oxygen atoms in total. The summed E-state index contributed by atoms with van der Waals surface area (Å²) in [7, 11) is -4.82. The smallest absolute Gasteiger partial charge is 0.350 e. The summed E-state index contributed by atoms with van der Waals surface area (Å²) in [5.74, 6) is -5.09. The maximum absolute atomic E-state index is 11.7. The molecule has 0 aliphatic heterocycles. The first-order valence-corrected chi connectivity index (χ1v) is 4.88. The van der Waals surface area contributed by atoms with Crippen LogP contribution < -0.4 is 4.72 Å². The first-order chi connectivity index (χ1) is 5.81. The molecule has 0 aliphatic carbocycles. The minimum absolute atomic E-state index is 0.0959. The molecule has 0 spiro atoms. The van der Waals surface area contributed by atoms with Gasteiger partial charge in [-0.3, -0.25) is 4.79 Å². The molecule has 0 fully saturated rings. The van der Waals surface area contributed by atoms with Gasteiger partial charge in [0.25, 0.3) is 10.0 Å². The molecule has 0 rings (SSSR count). The van der Waals surface area contributed by atoms with Gasteiger partial charge in [0.1, 0.15) is 6.04 Å². The quantitative estimate of drug-likeness (QED) is 0.678. The van der Waals surface area contributed by atoms with E-state index in [1.807, 2.05) is 0 Å². The van der Waals surface area contributed by atoms with Crippen LogP contribution in [0.4, 0.5) is 8.78 Å². The molecule has 2 N–H and O–H groups in total. The summed E-state index contributed by atoms with van der Waals surface area (Å²) < 4.78 is 45.8. The summed E-state index contributed by atoms with van der Waals surface area (Å²) in [6.45, 7) is 1.37. The lowest BCUT2D eigenvalue weighted by Crippen LogP contribution is -2.42. The molecule has 0 unspecified atom stereocenters. The number of sulfonamides is 1. The molecule has 0 bridgehead atoms. The van der Waals surface area contributed by atoms with Crippen molar-refractivity contribution in [3.05, 3.63) is 0 Å². The molecule has 0 aromatic carbocycles. The number of hydrogen-bond acceptors (Lipinski definition) is 3. The Balaban J connectivity index is 4.50. The second-order valence-corrected chi connectivity index (χ2v) is 3.90. The van der Waals surface area contributed by atoms with Crippen molar-refractivity contribution in [2.45, 2.75) is 25.1 Å². The second kappa shape index (κ2) is 4.47. The van der Waals surface area contributed by atoms with Crippen molar-refractivity contribution in [3.8, 4) is 0 Å². The van der Waals surface area contributed by atoms with Gasteiger partial charge in [-0.2, -0.15) is 13.5 Å². The van der Waals surface area contributed by atoms with Gasteiger partial charge in [0.15, 0.2) is 0 Å². The highest BCUT2D eigenvalue weighted by molar-refractivity contribution is 7.89. The largest absolute Gasteiger partial charge is 0.480 e. The Kier molecular flexibility index (Phi) is 4.21. The van der Waals surface area contributed by atoms with E-state index in [1.54, 1.807) is 0 Å². The van der Waals surface area contributed by atoms with Crippen LogP contribution in [0.1, 0.15) is 13.3 Å². The molecule has 0 heterocycles. The third kappa shape index (κ3) is 3.64. The number of halogens is 2. The number of hydrogen-bond donors (Lipinski definition) is 2. The number of alkyl halides is 2. The molecule has 78 valence electrons. The lowest BCUT2D eigenvalue weighted by atomic mass is 10.2. The van der Waals surface area contributed by atoms with E-state index in [1.165, 1.54) is 11.6 Å². The topological polar surface area (TPSA) is 83.5 Å². The van der Waals surface area contributed by atoms with Crippen molar-refractivity contribution >= 4 is 16.0 Å². The SMILES string of the molecule is CC[C@@H](NS(=O)(=O)C(F)F)C(=O)O. The highest BCUT2D eigenvalue weighted by Gasteiger charge is 2.29. The maximum Gasteiger partial charge on any atom is 0.350 e. The molecule has 1 atom stereocenters. The highest BCUT2D eigenvalue weighted by Crippen LogP contribution is 2.04. The Labute approximate surface area is 73.8 Å². The third-order valence-electron chi connectivity index (χ3n) is 1.25. The van der Waals surface area contributed by atoms with Crippen LogP contribution in [0.15, 0.2) is 0 Å². The molecule has 0 saturated heterocycles. The summed E-state index contributed by atoms with van der Waals surface area (Å²) >= 11 is 0. The molecule has 0 amide bonds. The zero-order valence-corrected chi connectivity index (χ0v) is 7.51. The van der Waals surface area contributed by atoms with Crippen molar-refractivity contribution in [2.75, 3.05) is 0 Å². The highest BCUT2D eigenvalue weighted by atomic mass is 32.2. The monoisotopic (exact) mass is 217 g/mol. The van der Waals surface area contributed by atoms with Crippen molar-refractivity contribution in [1.82, 2.24) is 4.72 Å². The Morgan fingerprint density at radius 1 is 1.54 bits per heavy atom. The molecule has 13 heavy (non-hydrogen) atoms. The zero-order valence-electron chi connectivity index (χ0n) is 6.70. The van der Waals surface area contributed by atoms with Crippen LogP contribution in [0.25, 0.3) is 0 Å². The van der Waals surface area contributed by atoms with Crippen LogP contribution in [-0.2, 0) is 14.8 Å². The minimum Gasteiger partial charge on any atom is -0.480 e. The maximum atomic E-state index is 11.7. The van der Waals surface area contributed by atoms with Crippen LogP contribution in [0.3, 0.4) is 0 Å². The number of nitrogens with one attached hydrogen (secondary N) is 1. The minimum atomic E-state index is -4.82. The van der Waals surface area contributed by atoms with Gasteiger partial charge in [-0.25, -0.2) is 8.42 Å². The fraction of sp³-hybridized carbons (Fsp3) is 0.800. The van der Waals surface area contributed by atoms with E-state index >= 15 is 0 Å². The van der Waals surface area contributed by atoms with Crippen molar-refractivity contribution in [3.63, 3.8) is 0 Å². The molecule has 0 saturated carbocycles. The van der Waals surface area contributed by atoms with Crippen LogP contribution in [0.5, 0.6) is 0 Å². The Morgan fingerprint density at radius 2 is 2.00 bits per heavy atom. The van der Waals surface area contributed by atoms with Gasteiger partial charge in [0, 0.05) is 0 Å². The first-order valence-electron chi connectivity index (χ1n) is 3.33. The zero-order chi connectivity index (χ0) is 10.6. The van der Waals surface area contributed by atoms with Crippen LogP contribution >= 0.6 is 0 Å². The van der Waals surface area contributed by atoms with E-state index < -0.39 is 27.8 Å². The normalized spacial score (nSPS) is 14.5. The van der Waals surface area contributed by atoms with Crippen molar-refractivity contribution in [1.29, 1.82) is 0 Å². The molecular weight excluding hydrogens is 208 g/mol. The van der Waals surface area contributed by atoms with Gasteiger partial charge >= 0.3 is 11.7 Å². The van der Waals surface area contributed by atoms with Gasteiger partial charge in [-0.15, -0.1) is 0 Å². The molecule has 0 radical (unpaired) electrons. The molecule has 0 aromatic rings. The van der Waals surface area contributed by atoms with Crippen molar-refractivity contribution in [2.24, 2.45) is 0 Å². The van der Waals surface area contributed by atoms with E-state index in [-0.39, 0.29) is 6.42 Å². The number of rotatable bonds is 5. The summed E-state index contributed by atoms with van der Waals surface area (Å²) in [4.78, 5) is 10.3. The van der Waals surface area contributed by atoms with Gasteiger partial charge in [0.2, 0.25) is 0 Å². The molecule has 0 aromatic heterocycles. The number of carbonyl (C=O) groups is 1. The summed E-state index contributed by atoms with van der Waals surface area (Å²) in [5, 5.41) is 8.35. The number of carboxylic acids is 1. The van der Waals surface area contributed by atoms with Crippen LogP contribution in [0.2, 0.25) is 0 Å². The van der Waals surface area contributed by atoms with Crippen LogP contribution in [0, 0.1) is 0 Å². The third-order valence-corrected chi connectivity index (χ3v) is 2.33. The molecule has 0 aliphatic rings. The molecular formula is C5H9F2NO4S. The Bertz CT molecular complexity index is 276. The standard InChI is InChI=1S/C5H9F2NO4S/c1-2-3(4(9)10)8-13(11,12)5(6)7/h3,5,8H,2H2,1H3,(H,9,10)/t3-/m1/s1. The van der Waals surface area contributed by atoms with Gasteiger partial charge in [-0.05, 0) is 6.42 Å². The average Bonchev–Trinajstić information content (AvgIpc) is 1.99. The lowest BCUT2D eigenvalue weighted by Gasteiger charge is -2.11. The fourth-order valence-corrected chi connectivity index (χ4v) is 1.33.